The quantitative estimate of drug-likeness (QED) is 0.363. The zero-order valence-corrected chi connectivity index (χ0v) is 18.4. The predicted molar refractivity (Wildman–Crippen MR) is 133 cm³/mol. The van der Waals surface area contributed by atoms with Crippen LogP contribution < -0.4 is 16.5 Å². The Hall–Kier alpha value is -3.94. The van der Waals surface area contributed by atoms with E-state index in [1.165, 1.54) is 0 Å². The number of nitrogens with one attached hydrogen (secondary N) is 3. The SMILES string of the molecule is Cl.N[C@H](Cc1ccccc1)C(=O)Nc1cc2c3c(c(-c4ccccc4)[nH]c3c1)C=NNC2=O. The second kappa shape index (κ2) is 9.28. The second-order valence-corrected chi connectivity index (χ2v) is 7.71. The maximum atomic E-state index is 12.7. The molecule has 0 spiro atoms. The molecular formula is C25H22ClN5O2. The van der Waals surface area contributed by atoms with Crippen molar-refractivity contribution in [3.63, 3.8) is 0 Å². The summed E-state index contributed by atoms with van der Waals surface area (Å²) in [5.74, 6) is -0.658. The third-order valence-corrected chi connectivity index (χ3v) is 5.51. The maximum Gasteiger partial charge on any atom is 0.272 e. The van der Waals surface area contributed by atoms with E-state index in [0.29, 0.717) is 17.7 Å². The van der Waals surface area contributed by atoms with Crippen molar-refractivity contribution in [3.05, 3.63) is 89.5 Å². The highest BCUT2D eigenvalue weighted by Gasteiger charge is 2.23. The number of benzene rings is 3. The van der Waals surface area contributed by atoms with Gasteiger partial charge in [-0.3, -0.25) is 9.59 Å². The molecule has 0 saturated carbocycles. The van der Waals surface area contributed by atoms with Gasteiger partial charge in [0.15, 0.2) is 0 Å². The van der Waals surface area contributed by atoms with Gasteiger partial charge in [-0.15, -0.1) is 12.4 Å². The third-order valence-electron chi connectivity index (χ3n) is 5.51. The second-order valence-electron chi connectivity index (χ2n) is 7.71. The summed E-state index contributed by atoms with van der Waals surface area (Å²) < 4.78 is 0. The molecule has 0 aliphatic carbocycles. The van der Waals surface area contributed by atoms with Crippen molar-refractivity contribution in [2.24, 2.45) is 10.8 Å². The Kier molecular flexibility index (Phi) is 6.26. The molecule has 166 valence electrons. The number of halogens is 1. The molecule has 5 rings (SSSR count). The lowest BCUT2D eigenvalue weighted by atomic mass is 10.0. The van der Waals surface area contributed by atoms with Gasteiger partial charge in [0.05, 0.1) is 23.5 Å². The van der Waals surface area contributed by atoms with Gasteiger partial charge in [0.1, 0.15) is 0 Å². The monoisotopic (exact) mass is 459 g/mol. The van der Waals surface area contributed by atoms with Crippen LogP contribution in [0.15, 0.2) is 77.9 Å². The van der Waals surface area contributed by atoms with E-state index < -0.39 is 6.04 Å². The lowest BCUT2D eigenvalue weighted by molar-refractivity contribution is -0.117. The zero-order valence-electron chi connectivity index (χ0n) is 17.5. The molecule has 0 saturated heterocycles. The number of aromatic amines is 1. The van der Waals surface area contributed by atoms with Gasteiger partial charge in [0.2, 0.25) is 5.91 Å². The van der Waals surface area contributed by atoms with Crippen LogP contribution in [0.25, 0.3) is 22.2 Å². The standard InChI is InChI=1S/C25H21N5O2.ClH/c26-20(11-15-7-3-1-4-8-15)25(32)28-17-12-18-22-19(14-27-30-24(18)31)23(29-21(22)13-17)16-9-5-2-6-10-16;/h1-10,12-14,20,29H,11,26H2,(H,28,32)(H,30,31);1H/t20-;/m1./s1. The number of carbonyl (C=O) groups excluding carboxylic acids is 2. The number of hydrogen-bond donors (Lipinski definition) is 4. The van der Waals surface area contributed by atoms with Crippen molar-refractivity contribution in [2.75, 3.05) is 5.32 Å². The Labute approximate surface area is 196 Å². The summed E-state index contributed by atoms with van der Waals surface area (Å²) in [4.78, 5) is 28.8. The van der Waals surface area contributed by atoms with Crippen LogP contribution in [0.1, 0.15) is 21.5 Å². The number of nitrogens with zero attached hydrogens (tertiary/aromatic N) is 1. The summed E-state index contributed by atoms with van der Waals surface area (Å²) in [5.41, 5.74) is 13.9. The molecule has 2 amide bonds. The van der Waals surface area contributed by atoms with Crippen LogP contribution in [0.4, 0.5) is 5.69 Å². The number of rotatable bonds is 5. The number of hydrogen-bond acceptors (Lipinski definition) is 4. The van der Waals surface area contributed by atoms with E-state index in [1.54, 1.807) is 12.3 Å². The van der Waals surface area contributed by atoms with Crippen molar-refractivity contribution in [2.45, 2.75) is 12.5 Å². The first-order chi connectivity index (χ1) is 15.6. The average molecular weight is 460 g/mol. The molecule has 1 atom stereocenters. The maximum absolute atomic E-state index is 12.7. The first-order valence-electron chi connectivity index (χ1n) is 10.3. The van der Waals surface area contributed by atoms with Gasteiger partial charge in [-0.25, -0.2) is 5.43 Å². The van der Waals surface area contributed by atoms with Gasteiger partial charge < -0.3 is 16.0 Å². The van der Waals surface area contributed by atoms with E-state index in [1.807, 2.05) is 66.7 Å². The highest BCUT2D eigenvalue weighted by Crippen LogP contribution is 2.34. The molecule has 1 aromatic heterocycles. The summed E-state index contributed by atoms with van der Waals surface area (Å²) in [7, 11) is 0. The number of nitrogens with two attached hydrogens (primary N) is 1. The molecule has 0 unspecified atom stereocenters. The summed E-state index contributed by atoms with van der Waals surface area (Å²) in [6, 6.07) is 22.2. The molecule has 0 bridgehead atoms. The average Bonchev–Trinajstić information content (AvgIpc) is 3.09. The van der Waals surface area contributed by atoms with Crippen LogP contribution in [-0.2, 0) is 11.2 Å². The highest BCUT2D eigenvalue weighted by molar-refractivity contribution is 6.18. The van der Waals surface area contributed by atoms with Crippen molar-refractivity contribution in [1.29, 1.82) is 0 Å². The Morgan fingerprint density at radius 3 is 2.45 bits per heavy atom. The Morgan fingerprint density at radius 2 is 1.73 bits per heavy atom. The number of hydrazone groups is 1. The third kappa shape index (κ3) is 4.37. The van der Waals surface area contributed by atoms with Gasteiger partial charge in [0.25, 0.3) is 5.91 Å². The van der Waals surface area contributed by atoms with Crippen LogP contribution in [0.2, 0.25) is 0 Å². The molecule has 3 aromatic carbocycles. The van der Waals surface area contributed by atoms with Crippen LogP contribution >= 0.6 is 12.4 Å². The normalized spacial score (nSPS) is 13.1. The number of H-pyrrole nitrogens is 1. The largest absolute Gasteiger partial charge is 0.354 e. The van der Waals surface area contributed by atoms with E-state index in [9.17, 15) is 9.59 Å². The topological polar surface area (TPSA) is 112 Å². The highest BCUT2D eigenvalue weighted by atomic mass is 35.5. The zero-order chi connectivity index (χ0) is 22.1. The summed E-state index contributed by atoms with van der Waals surface area (Å²) in [6.45, 7) is 0. The van der Waals surface area contributed by atoms with Gasteiger partial charge >= 0.3 is 0 Å². The Bertz CT molecular complexity index is 1350. The number of aromatic nitrogens is 1. The van der Waals surface area contributed by atoms with Crippen molar-refractivity contribution >= 4 is 47.0 Å². The van der Waals surface area contributed by atoms with Crippen LogP contribution in [0.3, 0.4) is 0 Å². The summed E-state index contributed by atoms with van der Waals surface area (Å²) in [5, 5.41) is 7.68. The fraction of sp³-hybridized carbons (Fsp3) is 0.0800. The van der Waals surface area contributed by atoms with E-state index in [-0.39, 0.29) is 24.2 Å². The fourth-order valence-electron chi connectivity index (χ4n) is 3.98. The molecule has 7 nitrogen and oxygen atoms in total. The Morgan fingerprint density at radius 1 is 1.03 bits per heavy atom. The predicted octanol–water partition coefficient (Wildman–Crippen LogP) is 3.84. The Balaban J connectivity index is 0.00000259. The first kappa shape index (κ1) is 22.3. The molecule has 4 aromatic rings. The van der Waals surface area contributed by atoms with Gasteiger partial charge in [-0.1, -0.05) is 60.7 Å². The molecule has 0 fully saturated rings. The number of anilines is 1. The molecule has 8 heteroatoms. The lowest BCUT2D eigenvalue weighted by Crippen LogP contribution is -2.37. The molecule has 5 N–H and O–H groups in total. The van der Waals surface area contributed by atoms with Crippen LogP contribution in [-0.4, -0.2) is 29.1 Å². The molecule has 33 heavy (non-hydrogen) atoms. The van der Waals surface area contributed by atoms with E-state index >= 15 is 0 Å². The summed E-state index contributed by atoms with van der Waals surface area (Å²) in [6.07, 6.45) is 2.06. The van der Waals surface area contributed by atoms with Gasteiger partial charge in [-0.05, 0) is 29.7 Å². The van der Waals surface area contributed by atoms with Crippen molar-refractivity contribution < 1.29 is 9.59 Å². The van der Waals surface area contributed by atoms with Crippen molar-refractivity contribution in [3.8, 4) is 11.3 Å². The number of carbonyl (C=O) groups is 2. The minimum Gasteiger partial charge on any atom is -0.354 e. The lowest BCUT2D eigenvalue weighted by Gasteiger charge is -2.13. The van der Waals surface area contributed by atoms with Gasteiger partial charge in [0, 0.05) is 22.2 Å². The van der Waals surface area contributed by atoms with Crippen LogP contribution in [0, 0.1) is 0 Å². The minimum absolute atomic E-state index is 0. The van der Waals surface area contributed by atoms with E-state index in [2.05, 4.69) is 20.8 Å². The molecular weight excluding hydrogens is 438 g/mol. The van der Waals surface area contributed by atoms with E-state index in [4.69, 9.17) is 5.73 Å². The smallest absolute Gasteiger partial charge is 0.272 e. The summed E-state index contributed by atoms with van der Waals surface area (Å²) >= 11 is 0. The molecule has 1 aliphatic heterocycles. The molecule has 1 aliphatic rings. The fourth-order valence-corrected chi connectivity index (χ4v) is 3.98. The van der Waals surface area contributed by atoms with Gasteiger partial charge in [-0.2, -0.15) is 5.10 Å². The van der Waals surface area contributed by atoms with E-state index in [0.717, 1.165) is 33.3 Å². The number of amides is 2. The van der Waals surface area contributed by atoms with Crippen molar-refractivity contribution in [1.82, 2.24) is 10.4 Å². The van der Waals surface area contributed by atoms with Crippen LogP contribution in [0.5, 0.6) is 0 Å². The minimum atomic E-state index is -0.719. The molecule has 0 radical (unpaired) electrons. The molecule has 2 heterocycles. The first-order valence-corrected chi connectivity index (χ1v) is 10.3.